The molecule has 0 unspecified atom stereocenters. The van der Waals surface area contributed by atoms with Gasteiger partial charge in [0.1, 0.15) is 0 Å². The van der Waals surface area contributed by atoms with Crippen LogP contribution in [0, 0.1) is 5.41 Å². The molecule has 1 N–H and O–H groups in total. The molecule has 0 radical (unpaired) electrons. The zero-order valence-corrected chi connectivity index (χ0v) is 13.1. The number of hydrogen-bond donors (Lipinski definition) is 1. The van der Waals surface area contributed by atoms with Crippen LogP contribution in [-0.4, -0.2) is 35.6 Å². The highest BCUT2D eigenvalue weighted by Gasteiger charge is 2.21. The normalized spacial score (nSPS) is 12.4. The fourth-order valence-corrected chi connectivity index (χ4v) is 2.17. The van der Waals surface area contributed by atoms with Crippen LogP contribution < -0.4 is 5.32 Å². The number of pyridine rings is 1. The van der Waals surface area contributed by atoms with Gasteiger partial charge in [0, 0.05) is 38.1 Å². The lowest BCUT2D eigenvalue weighted by molar-refractivity contribution is 0.172. The average molecular weight is 263 g/mol. The third kappa shape index (κ3) is 6.69. The molecule has 0 amide bonds. The number of hydrogen-bond acceptors (Lipinski definition) is 3. The van der Waals surface area contributed by atoms with Crippen molar-refractivity contribution in [2.24, 2.45) is 5.41 Å². The fourth-order valence-electron chi connectivity index (χ4n) is 2.17. The third-order valence-electron chi connectivity index (χ3n) is 3.24. The standard InChI is InChI=1S/C16H29N3/c1-6-19(11-15-7-9-17-10-8-15)13-16(4,5)12-18-14(2)3/h7-10,14,18H,6,11-13H2,1-5H3. The first-order valence-corrected chi connectivity index (χ1v) is 7.27. The van der Waals surface area contributed by atoms with Gasteiger partial charge in [-0.15, -0.1) is 0 Å². The molecule has 1 aromatic heterocycles. The van der Waals surface area contributed by atoms with Crippen molar-refractivity contribution in [3.63, 3.8) is 0 Å². The van der Waals surface area contributed by atoms with Gasteiger partial charge in [-0.2, -0.15) is 0 Å². The van der Waals surface area contributed by atoms with E-state index in [1.54, 1.807) is 0 Å². The van der Waals surface area contributed by atoms with E-state index in [1.165, 1.54) is 5.56 Å². The summed E-state index contributed by atoms with van der Waals surface area (Å²) in [6, 6.07) is 4.75. The molecule has 0 saturated carbocycles. The summed E-state index contributed by atoms with van der Waals surface area (Å²) in [5.41, 5.74) is 1.62. The summed E-state index contributed by atoms with van der Waals surface area (Å²) >= 11 is 0. The first-order chi connectivity index (χ1) is 8.93. The van der Waals surface area contributed by atoms with E-state index >= 15 is 0 Å². The first kappa shape index (κ1) is 16.1. The maximum Gasteiger partial charge on any atom is 0.0271 e. The SMILES string of the molecule is CCN(Cc1ccncc1)CC(C)(C)CNC(C)C. The zero-order valence-electron chi connectivity index (χ0n) is 13.1. The molecule has 1 rings (SSSR count). The van der Waals surface area contributed by atoms with Crippen LogP contribution in [0.3, 0.4) is 0 Å². The highest BCUT2D eigenvalue weighted by atomic mass is 15.1. The number of aromatic nitrogens is 1. The van der Waals surface area contributed by atoms with Crippen LogP contribution in [0.5, 0.6) is 0 Å². The minimum Gasteiger partial charge on any atom is -0.314 e. The molecule has 0 spiro atoms. The Morgan fingerprint density at radius 1 is 1.26 bits per heavy atom. The van der Waals surface area contributed by atoms with Crippen molar-refractivity contribution < 1.29 is 0 Å². The van der Waals surface area contributed by atoms with Crippen LogP contribution in [0.2, 0.25) is 0 Å². The van der Waals surface area contributed by atoms with E-state index in [1.807, 2.05) is 12.4 Å². The van der Waals surface area contributed by atoms with Gasteiger partial charge in [0.15, 0.2) is 0 Å². The monoisotopic (exact) mass is 263 g/mol. The molecule has 0 aliphatic heterocycles. The Morgan fingerprint density at radius 3 is 2.42 bits per heavy atom. The first-order valence-electron chi connectivity index (χ1n) is 7.27. The van der Waals surface area contributed by atoms with Crippen molar-refractivity contribution in [2.75, 3.05) is 19.6 Å². The van der Waals surface area contributed by atoms with Crippen LogP contribution in [-0.2, 0) is 6.54 Å². The predicted molar refractivity (Wildman–Crippen MR) is 82.1 cm³/mol. The van der Waals surface area contributed by atoms with Crippen molar-refractivity contribution in [3.05, 3.63) is 30.1 Å². The van der Waals surface area contributed by atoms with Crippen LogP contribution in [0.25, 0.3) is 0 Å². The molecule has 3 heteroatoms. The van der Waals surface area contributed by atoms with Gasteiger partial charge in [0.05, 0.1) is 0 Å². The lowest BCUT2D eigenvalue weighted by Crippen LogP contribution is -2.42. The highest BCUT2D eigenvalue weighted by Crippen LogP contribution is 2.17. The van der Waals surface area contributed by atoms with E-state index in [4.69, 9.17) is 0 Å². The summed E-state index contributed by atoms with van der Waals surface area (Å²) in [6.45, 7) is 15.5. The molecule has 1 heterocycles. The molecular weight excluding hydrogens is 234 g/mol. The molecule has 0 bridgehead atoms. The Labute approximate surface area is 118 Å². The molecule has 0 fully saturated rings. The van der Waals surface area contributed by atoms with Gasteiger partial charge in [-0.25, -0.2) is 0 Å². The Bertz CT molecular complexity index is 346. The minimum atomic E-state index is 0.285. The second-order valence-corrected chi connectivity index (χ2v) is 6.36. The smallest absolute Gasteiger partial charge is 0.0271 e. The topological polar surface area (TPSA) is 28.2 Å². The minimum absolute atomic E-state index is 0.285. The molecule has 0 saturated heterocycles. The van der Waals surface area contributed by atoms with E-state index in [0.29, 0.717) is 6.04 Å². The lowest BCUT2D eigenvalue weighted by Gasteiger charge is -2.33. The Kier molecular flexibility index (Phi) is 6.46. The van der Waals surface area contributed by atoms with E-state index in [2.05, 4.69) is 62.0 Å². The Hall–Kier alpha value is -0.930. The summed E-state index contributed by atoms with van der Waals surface area (Å²) < 4.78 is 0. The molecular formula is C16H29N3. The number of nitrogens with zero attached hydrogens (tertiary/aromatic N) is 2. The van der Waals surface area contributed by atoms with E-state index in [-0.39, 0.29) is 5.41 Å². The average Bonchev–Trinajstić information content (AvgIpc) is 2.37. The van der Waals surface area contributed by atoms with Crippen molar-refractivity contribution in [3.8, 4) is 0 Å². The summed E-state index contributed by atoms with van der Waals surface area (Å²) in [7, 11) is 0. The quantitative estimate of drug-likeness (QED) is 0.781. The van der Waals surface area contributed by atoms with E-state index < -0.39 is 0 Å². The Balaban J connectivity index is 2.51. The lowest BCUT2D eigenvalue weighted by atomic mass is 9.92. The number of rotatable bonds is 8. The third-order valence-corrected chi connectivity index (χ3v) is 3.24. The molecule has 0 aliphatic rings. The fraction of sp³-hybridized carbons (Fsp3) is 0.688. The van der Waals surface area contributed by atoms with Crippen LogP contribution in [0.4, 0.5) is 0 Å². The molecule has 19 heavy (non-hydrogen) atoms. The number of nitrogens with one attached hydrogen (secondary N) is 1. The van der Waals surface area contributed by atoms with Gasteiger partial charge in [0.25, 0.3) is 0 Å². The van der Waals surface area contributed by atoms with Crippen molar-refractivity contribution >= 4 is 0 Å². The molecule has 3 nitrogen and oxygen atoms in total. The van der Waals surface area contributed by atoms with Crippen molar-refractivity contribution in [2.45, 2.75) is 47.2 Å². The summed E-state index contributed by atoms with van der Waals surface area (Å²) in [5, 5.41) is 3.54. The van der Waals surface area contributed by atoms with Crippen LogP contribution in [0.15, 0.2) is 24.5 Å². The molecule has 0 aromatic carbocycles. The zero-order chi connectivity index (χ0) is 14.3. The summed E-state index contributed by atoms with van der Waals surface area (Å²) in [4.78, 5) is 6.57. The highest BCUT2D eigenvalue weighted by molar-refractivity contribution is 5.09. The largest absolute Gasteiger partial charge is 0.314 e. The molecule has 1 aromatic rings. The summed E-state index contributed by atoms with van der Waals surface area (Å²) in [5.74, 6) is 0. The maximum absolute atomic E-state index is 4.07. The molecule has 108 valence electrons. The molecule has 0 aliphatic carbocycles. The van der Waals surface area contributed by atoms with Crippen molar-refractivity contribution in [1.82, 2.24) is 15.2 Å². The maximum atomic E-state index is 4.07. The van der Waals surface area contributed by atoms with Crippen molar-refractivity contribution in [1.29, 1.82) is 0 Å². The van der Waals surface area contributed by atoms with Crippen LogP contribution in [0.1, 0.15) is 40.2 Å². The van der Waals surface area contributed by atoms with Crippen LogP contribution >= 0.6 is 0 Å². The van der Waals surface area contributed by atoms with Gasteiger partial charge in [-0.3, -0.25) is 9.88 Å². The second-order valence-electron chi connectivity index (χ2n) is 6.36. The van der Waals surface area contributed by atoms with Gasteiger partial charge in [-0.05, 0) is 29.7 Å². The Morgan fingerprint density at radius 2 is 1.89 bits per heavy atom. The second kappa shape index (κ2) is 7.61. The van der Waals surface area contributed by atoms with E-state index in [9.17, 15) is 0 Å². The van der Waals surface area contributed by atoms with Gasteiger partial charge in [-0.1, -0.05) is 34.6 Å². The van der Waals surface area contributed by atoms with Gasteiger partial charge >= 0.3 is 0 Å². The predicted octanol–water partition coefficient (Wildman–Crippen LogP) is 2.93. The van der Waals surface area contributed by atoms with Gasteiger partial charge in [0.2, 0.25) is 0 Å². The summed E-state index contributed by atoms with van der Waals surface area (Å²) in [6.07, 6.45) is 3.74. The van der Waals surface area contributed by atoms with E-state index in [0.717, 1.165) is 26.2 Å². The van der Waals surface area contributed by atoms with Gasteiger partial charge < -0.3 is 5.32 Å². The molecule has 0 atom stereocenters.